The molecule has 0 aromatic heterocycles. The zero-order valence-corrected chi connectivity index (χ0v) is 9.14. The maximum Gasteiger partial charge on any atom is 0.0408 e. The lowest BCUT2D eigenvalue weighted by molar-refractivity contribution is 0.661. The van der Waals surface area contributed by atoms with E-state index in [1.807, 2.05) is 0 Å². The predicted molar refractivity (Wildman–Crippen MR) is 62.0 cm³/mol. The number of anilines is 1. The second kappa shape index (κ2) is 4.04. The van der Waals surface area contributed by atoms with Crippen molar-refractivity contribution in [3.8, 4) is 0 Å². The standard InChI is InChI=1S/C13H19N/c1-3-6-11-9-14-13-10(4-2)7-5-8-12(11)13/h5,7-8,11,14H,3-4,6,9H2,1-2H3/t11-/m1/s1. The van der Waals surface area contributed by atoms with Crippen molar-refractivity contribution in [1.29, 1.82) is 0 Å². The molecule has 1 aromatic carbocycles. The lowest BCUT2D eigenvalue weighted by Crippen LogP contribution is -2.00. The minimum Gasteiger partial charge on any atom is -0.384 e. The highest BCUT2D eigenvalue weighted by Crippen LogP contribution is 2.36. The molecule has 1 N–H and O–H groups in total. The van der Waals surface area contributed by atoms with Crippen molar-refractivity contribution in [3.63, 3.8) is 0 Å². The first-order valence-corrected chi connectivity index (χ1v) is 5.72. The molecule has 0 amide bonds. The summed E-state index contributed by atoms with van der Waals surface area (Å²) in [5.41, 5.74) is 4.45. The summed E-state index contributed by atoms with van der Waals surface area (Å²) in [4.78, 5) is 0. The lowest BCUT2D eigenvalue weighted by atomic mass is 9.95. The van der Waals surface area contributed by atoms with Gasteiger partial charge in [-0.2, -0.15) is 0 Å². The van der Waals surface area contributed by atoms with Gasteiger partial charge in [0.05, 0.1) is 0 Å². The highest BCUT2D eigenvalue weighted by Gasteiger charge is 2.22. The summed E-state index contributed by atoms with van der Waals surface area (Å²) in [5, 5.41) is 3.55. The van der Waals surface area contributed by atoms with Gasteiger partial charge in [0, 0.05) is 18.2 Å². The second-order valence-electron chi connectivity index (χ2n) is 4.10. The maximum absolute atomic E-state index is 3.55. The Kier molecular flexibility index (Phi) is 2.76. The molecule has 76 valence electrons. The van der Waals surface area contributed by atoms with E-state index in [2.05, 4.69) is 37.4 Å². The molecular weight excluding hydrogens is 170 g/mol. The highest BCUT2D eigenvalue weighted by molar-refractivity contribution is 5.63. The summed E-state index contributed by atoms with van der Waals surface area (Å²) in [6.07, 6.45) is 3.73. The Balaban J connectivity index is 2.31. The molecule has 0 saturated carbocycles. The topological polar surface area (TPSA) is 12.0 Å². The molecule has 0 bridgehead atoms. The highest BCUT2D eigenvalue weighted by atomic mass is 14.9. The molecule has 2 rings (SSSR count). The van der Waals surface area contributed by atoms with E-state index >= 15 is 0 Å². The van der Waals surface area contributed by atoms with Gasteiger partial charge in [0.2, 0.25) is 0 Å². The Labute approximate surface area is 86.5 Å². The molecule has 1 aliphatic heterocycles. The first-order chi connectivity index (χ1) is 6.86. The summed E-state index contributed by atoms with van der Waals surface area (Å²) in [6, 6.07) is 6.72. The van der Waals surface area contributed by atoms with E-state index in [0.717, 1.165) is 18.9 Å². The first-order valence-electron chi connectivity index (χ1n) is 5.72. The SMILES string of the molecule is CCC[C@@H]1CNc2c(CC)cccc21. The van der Waals surface area contributed by atoms with Crippen LogP contribution in [0.1, 0.15) is 43.7 Å². The number of benzene rings is 1. The Hall–Kier alpha value is -0.980. The minimum atomic E-state index is 0.751. The average Bonchev–Trinajstić information content (AvgIpc) is 2.62. The number of hydrogen-bond donors (Lipinski definition) is 1. The van der Waals surface area contributed by atoms with E-state index in [0.29, 0.717) is 0 Å². The molecule has 1 aliphatic rings. The molecule has 0 saturated heterocycles. The molecule has 0 radical (unpaired) electrons. The Morgan fingerprint density at radius 2 is 2.21 bits per heavy atom. The lowest BCUT2D eigenvalue weighted by Gasteiger charge is -2.09. The third kappa shape index (κ3) is 1.52. The Morgan fingerprint density at radius 1 is 1.36 bits per heavy atom. The summed E-state index contributed by atoms with van der Waals surface area (Å²) in [7, 11) is 0. The van der Waals surface area contributed by atoms with Crippen LogP contribution in [0.5, 0.6) is 0 Å². The summed E-state index contributed by atoms with van der Waals surface area (Å²) in [5.74, 6) is 0.751. The van der Waals surface area contributed by atoms with Crippen LogP contribution in [0, 0.1) is 0 Å². The van der Waals surface area contributed by atoms with E-state index in [1.54, 1.807) is 5.56 Å². The van der Waals surface area contributed by atoms with Crippen LogP contribution in [0.15, 0.2) is 18.2 Å². The smallest absolute Gasteiger partial charge is 0.0408 e. The molecule has 14 heavy (non-hydrogen) atoms. The third-order valence-corrected chi connectivity index (χ3v) is 3.17. The van der Waals surface area contributed by atoms with Crippen molar-refractivity contribution in [1.82, 2.24) is 0 Å². The third-order valence-electron chi connectivity index (χ3n) is 3.17. The maximum atomic E-state index is 3.55. The number of nitrogens with one attached hydrogen (secondary N) is 1. The Morgan fingerprint density at radius 3 is 2.93 bits per heavy atom. The molecule has 1 heterocycles. The van der Waals surface area contributed by atoms with Crippen LogP contribution < -0.4 is 5.32 Å². The number of rotatable bonds is 3. The van der Waals surface area contributed by atoms with Gasteiger partial charge in [0.25, 0.3) is 0 Å². The van der Waals surface area contributed by atoms with Crippen LogP contribution in [0.25, 0.3) is 0 Å². The van der Waals surface area contributed by atoms with Gasteiger partial charge in [0.1, 0.15) is 0 Å². The van der Waals surface area contributed by atoms with Gasteiger partial charge in [-0.25, -0.2) is 0 Å². The van der Waals surface area contributed by atoms with E-state index in [-0.39, 0.29) is 0 Å². The summed E-state index contributed by atoms with van der Waals surface area (Å²) < 4.78 is 0. The molecule has 1 nitrogen and oxygen atoms in total. The fraction of sp³-hybridized carbons (Fsp3) is 0.538. The van der Waals surface area contributed by atoms with Crippen LogP contribution in [-0.2, 0) is 6.42 Å². The zero-order valence-electron chi connectivity index (χ0n) is 9.14. The summed E-state index contributed by atoms with van der Waals surface area (Å²) in [6.45, 7) is 5.63. The van der Waals surface area contributed by atoms with Crippen molar-refractivity contribution in [2.75, 3.05) is 11.9 Å². The van der Waals surface area contributed by atoms with Gasteiger partial charge in [-0.05, 0) is 24.0 Å². The van der Waals surface area contributed by atoms with E-state index in [1.165, 1.54) is 24.1 Å². The van der Waals surface area contributed by atoms with Gasteiger partial charge < -0.3 is 5.32 Å². The minimum absolute atomic E-state index is 0.751. The number of para-hydroxylation sites is 1. The van der Waals surface area contributed by atoms with Crippen molar-refractivity contribution < 1.29 is 0 Å². The number of aryl methyl sites for hydroxylation is 1. The van der Waals surface area contributed by atoms with E-state index in [4.69, 9.17) is 0 Å². The van der Waals surface area contributed by atoms with Crippen LogP contribution in [-0.4, -0.2) is 6.54 Å². The predicted octanol–water partition coefficient (Wildman–Crippen LogP) is 3.56. The van der Waals surface area contributed by atoms with E-state index < -0.39 is 0 Å². The number of fused-ring (bicyclic) bond motifs is 1. The van der Waals surface area contributed by atoms with E-state index in [9.17, 15) is 0 Å². The monoisotopic (exact) mass is 189 g/mol. The van der Waals surface area contributed by atoms with Crippen molar-refractivity contribution in [2.45, 2.75) is 39.0 Å². The quantitative estimate of drug-likeness (QED) is 0.766. The molecule has 0 aliphatic carbocycles. The average molecular weight is 189 g/mol. The fourth-order valence-electron chi connectivity index (χ4n) is 2.41. The first kappa shape index (κ1) is 9.57. The van der Waals surface area contributed by atoms with Crippen molar-refractivity contribution >= 4 is 5.69 Å². The molecule has 1 heteroatoms. The molecule has 0 fully saturated rings. The normalized spacial score (nSPS) is 19.1. The van der Waals surface area contributed by atoms with Gasteiger partial charge in [-0.3, -0.25) is 0 Å². The van der Waals surface area contributed by atoms with Gasteiger partial charge in [-0.15, -0.1) is 0 Å². The second-order valence-corrected chi connectivity index (χ2v) is 4.10. The van der Waals surface area contributed by atoms with Crippen LogP contribution in [0.2, 0.25) is 0 Å². The van der Waals surface area contributed by atoms with Gasteiger partial charge in [0.15, 0.2) is 0 Å². The molecule has 1 atom stereocenters. The Bertz CT molecular complexity index is 317. The van der Waals surface area contributed by atoms with Crippen molar-refractivity contribution in [3.05, 3.63) is 29.3 Å². The zero-order chi connectivity index (χ0) is 9.97. The van der Waals surface area contributed by atoms with Crippen LogP contribution in [0.4, 0.5) is 5.69 Å². The van der Waals surface area contributed by atoms with Gasteiger partial charge >= 0.3 is 0 Å². The summed E-state index contributed by atoms with van der Waals surface area (Å²) >= 11 is 0. The van der Waals surface area contributed by atoms with Crippen LogP contribution >= 0.6 is 0 Å². The van der Waals surface area contributed by atoms with Gasteiger partial charge in [-0.1, -0.05) is 38.5 Å². The van der Waals surface area contributed by atoms with Crippen molar-refractivity contribution in [2.24, 2.45) is 0 Å². The largest absolute Gasteiger partial charge is 0.384 e. The molecule has 0 unspecified atom stereocenters. The fourth-order valence-corrected chi connectivity index (χ4v) is 2.41. The number of hydrogen-bond acceptors (Lipinski definition) is 1. The van der Waals surface area contributed by atoms with Crippen LogP contribution in [0.3, 0.4) is 0 Å². The molecular formula is C13H19N. The molecule has 1 aromatic rings. The molecule has 0 spiro atoms.